The van der Waals surface area contributed by atoms with E-state index in [9.17, 15) is 9.90 Å². The van der Waals surface area contributed by atoms with Gasteiger partial charge in [0.05, 0.1) is 42.6 Å². The molecule has 0 saturated carbocycles. The number of Topliss-reactive ketones (excluding diaryl/α,β-unsaturated/α-hetero) is 1. The SMILES string of the molecule is N#CCN(CC#N)Cc1c(O)ccc2c1O/C(=C/c1ccco1)C2=O. The highest BCUT2D eigenvalue weighted by atomic mass is 16.5. The Morgan fingerprint density at radius 1 is 1.20 bits per heavy atom. The number of nitriles is 2. The van der Waals surface area contributed by atoms with E-state index in [1.807, 2.05) is 12.1 Å². The van der Waals surface area contributed by atoms with Gasteiger partial charge in [0.15, 0.2) is 5.76 Å². The van der Waals surface area contributed by atoms with Crippen LogP contribution in [0.1, 0.15) is 21.7 Å². The molecular formula is C18H13N3O4. The third-order valence-electron chi connectivity index (χ3n) is 3.70. The number of hydrogen-bond donors (Lipinski definition) is 1. The van der Waals surface area contributed by atoms with Gasteiger partial charge in [-0.05, 0) is 24.3 Å². The smallest absolute Gasteiger partial charge is 0.232 e. The zero-order chi connectivity index (χ0) is 17.8. The number of carbonyl (C=O) groups excluding carboxylic acids is 1. The molecule has 2 heterocycles. The molecule has 0 radical (unpaired) electrons. The minimum atomic E-state index is -0.320. The molecule has 3 rings (SSSR count). The van der Waals surface area contributed by atoms with E-state index in [4.69, 9.17) is 19.7 Å². The molecule has 0 fully saturated rings. The Kier molecular flexibility index (Phi) is 4.51. The van der Waals surface area contributed by atoms with E-state index in [-0.39, 0.29) is 42.7 Å². The van der Waals surface area contributed by atoms with E-state index < -0.39 is 0 Å². The zero-order valence-corrected chi connectivity index (χ0v) is 13.1. The van der Waals surface area contributed by atoms with E-state index in [1.165, 1.54) is 29.4 Å². The minimum absolute atomic E-state index is 0.0136. The molecule has 0 spiro atoms. The van der Waals surface area contributed by atoms with Crippen molar-refractivity contribution in [3.8, 4) is 23.6 Å². The third-order valence-corrected chi connectivity index (χ3v) is 3.70. The van der Waals surface area contributed by atoms with Crippen molar-refractivity contribution < 1.29 is 19.1 Å². The van der Waals surface area contributed by atoms with Crippen LogP contribution in [0.5, 0.6) is 11.5 Å². The lowest BCUT2D eigenvalue weighted by Crippen LogP contribution is -2.24. The van der Waals surface area contributed by atoms with Crippen molar-refractivity contribution in [2.24, 2.45) is 0 Å². The normalized spacial score (nSPS) is 14.2. The van der Waals surface area contributed by atoms with Crippen molar-refractivity contribution in [3.05, 3.63) is 53.2 Å². The number of phenols is 1. The van der Waals surface area contributed by atoms with Crippen molar-refractivity contribution in [2.75, 3.05) is 13.1 Å². The number of aromatic hydroxyl groups is 1. The maximum absolute atomic E-state index is 12.5. The van der Waals surface area contributed by atoms with Crippen LogP contribution >= 0.6 is 0 Å². The highest BCUT2D eigenvalue weighted by molar-refractivity contribution is 6.14. The number of carbonyl (C=O) groups is 1. The number of benzene rings is 1. The highest BCUT2D eigenvalue weighted by Crippen LogP contribution is 2.40. The number of furan rings is 1. The van der Waals surface area contributed by atoms with Gasteiger partial charge in [-0.25, -0.2) is 0 Å². The molecule has 1 N–H and O–H groups in total. The van der Waals surface area contributed by atoms with E-state index in [0.29, 0.717) is 16.9 Å². The van der Waals surface area contributed by atoms with Gasteiger partial charge in [0, 0.05) is 12.6 Å². The van der Waals surface area contributed by atoms with Crippen LogP contribution in [0.2, 0.25) is 0 Å². The van der Waals surface area contributed by atoms with Gasteiger partial charge in [-0.3, -0.25) is 9.69 Å². The number of hydrogen-bond acceptors (Lipinski definition) is 7. The quantitative estimate of drug-likeness (QED) is 0.660. The molecule has 0 saturated heterocycles. The van der Waals surface area contributed by atoms with Crippen molar-refractivity contribution >= 4 is 11.9 Å². The predicted molar refractivity (Wildman–Crippen MR) is 86.3 cm³/mol. The second kappa shape index (κ2) is 6.91. The lowest BCUT2D eigenvalue weighted by molar-refractivity contribution is 0.101. The van der Waals surface area contributed by atoms with Crippen molar-refractivity contribution in [2.45, 2.75) is 6.54 Å². The molecule has 0 atom stereocenters. The molecule has 1 aromatic carbocycles. The molecule has 0 amide bonds. The van der Waals surface area contributed by atoms with Gasteiger partial charge in [-0.1, -0.05) is 0 Å². The average Bonchev–Trinajstić information content (AvgIpc) is 3.20. The number of nitrogens with zero attached hydrogens (tertiary/aromatic N) is 3. The standard InChI is InChI=1S/C18H13N3O4/c19-5-7-21(8-6-20)11-14-15(22)4-3-13-17(23)16(25-18(13)14)10-12-2-1-9-24-12/h1-4,9-10,22H,7-8,11H2/b16-10+. The first kappa shape index (κ1) is 16.3. The summed E-state index contributed by atoms with van der Waals surface area (Å²) in [5.74, 6) is 0.413. The molecule has 0 aliphatic carbocycles. The second-order valence-electron chi connectivity index (χ2n) is 5.36. The summed E-state index contributed by atoms with van der Waals surface area (Å²) in [5, 5.41) is 27.9. The number of allylic oxidation sites excluding steroid dienone is 1. The second-order valence-corrected chi connectivity index (χ2v) is 5.36. The molecule has 0 bridgehead atoms. The zero-order valence-electron chi connectivity index (χ0n) is 13.1. The number of fused-ring (bicyclic) bond motifs is 1. The van der Waals surface area contributed by atoms with Gasteiger partial charge in [0.2, 0.25) is 5.78 Å². The molecular weight excluding hydrogens is 322 g/mol. The van der Waals surface area contributed by atoms with Gasteiger partial charge in [0.25, 0.3) is 0 Å². The van der Waals surface area contributed by atoms with Crippen LogP contribution in [0.15, 0.2) is 40.7 Å². The van der Waals surface area contributed by atoms with Gasteiger partial charge in [-0.2, -0.15) is 10.5 Å². The molecule has 25 heavy (non-hydrogen) atoms. The summed E-state index contributed by atoms with van der Waals surface area (Å²) in [5.41, 5.74) is 0.679. The van der Waals surface area contributed by atoms with Gasteiger partial charge < -0.3 is 14.3 Å². The van der Waals surface area contributed by atoms with E-state index in [1.54, 1.807) is 12.1 Å². The van der Waals surface area contributed by atoms with Crippen LogP contribution in [0.3, 0.4) is 0 Å². The van der Waals surface area contributed by atoms with Crippen LogP contribution in [-0.2, 0) is 6.54 Å². The van der Waals surface area contributed by atoms with Crippen LogP contribution in [-0.4, -0.2) is 28.9 Å². The van der Waals surface area contributed by atoms with Gasteiger partial charge >= 0.3 is 0 Å². The Hall–Kier alpha value is -3.55. The lowest BCUT2D eigenvalue weighted by Gasteiger charge is -2.17. The maximum Gasteiger partial charge on any atom is 0.232 e. The first-order valence-corrected chi connectivity index (χ1v) is 7.43. The van der Waals surface area contributed by atoms with Crippen LogP contribution in [0, 0.1) is 22.7 Å². The predicted octanol–water partition coefficient (Wildman–Crippen LogP) is 2.45. The largest absolute Gasteiger partial charge is 0.507 e. The number of ketones is 1. The monoisotopic (exact) mass is 335 g/mol. The summed E-state index contributed by atoms with van der Waals surface area (Å²) in [7, 11) is 0. The highest BCUT2D eigenvalue weighted by Gasteiger charge is 2.31. The Morgan fingerprint density at radius 2 is 1.96 bits per heavy atom. The third kappa shape index (κ3) is 3.23. The first-order valence-electron chi connectivity index (χ1n) is 7.43. The molecule has 1 aliphatic heterocycles. The summed E-state index contributed by atoms with van der Waals surface area (Å²) in [6, 6.07) is 10.2. The molecule has 0 unspecified atom stereocenters. The molecule has 1 aliphatic rings. The van der Waals surface area contributed by atoms with Gasteiger partial charge in [-0.15, -0.1) is 0 Å². The Labute approximate surface area is 143 Å². The van der Waals surface area contributed by atoms with E-state index in [0.717, 1.165) is 0 Å². The summed E-state index contributed by atoms with van der Waals surface area (Å²) in [6.45, 7) is 0.136. The van der Waals surface area contributed by atoms with Crippen molar-refractivity contribution in [1.82, 2.24) is 4.90 Å². The van der Waals surface area contributed by atoms with Gasteiger partial charge in [0.1, 0.15) is 17.3 Å². The number of phenolic OH excluding ortho intramolecular Hbond substituents is 1. The van der Waals surface area contributed by atoms with Crippen LogP contribution < -0.4 is 4.74 Å². The van der Waals surface area contributed by atoms with E-state index in [2.05, 4.69) is 0 Å². The fourth-order valence-corrected chi connectivity index (χ4v) is 2.54. The fourth-order valence-electron chi connectivity index (χ4n) is 2.54. The number of rotatable bonds is 5. The van der Waals surface area contributed by atoms with Crippen molar-refractivity contribution in [1.29, 1.82) is 10.5 Å². The Balaban J connectivity index is 1.96. The first-order chi connectivity index (χ1) is 12.1. The average molecular weight is 335 g/mol. The van der Waals surface area contributed by atoms with Crippen LogP contribution in [0.4, 0.5) is 0 Å². The van der Waals surface area contributed by atoms with Crippen LogP contribution in [0.25, 0.3) is 6.08 Å². The molecule has 2 aromatic rings. The molecule has 7 nitrogen and oxygen atoms in total. The van der Waals surface area contributed by atoms with E-state index >= 15 is 0 Å². The summed E-state index contributed by atoms with van der Waals surface area (Å²) < 4.78 is 10.8. The summed E-state index contributed by atoms with van der Waals surface area (Å²) in [4.78, 5) is 14.0. The molecule has 1 aromatic heterocycles. The summed E-state index contributed by atoms with van der Waals surface area (Å²) in [6.07, 6.45) is 2.96. The fraction of sp³-hybridized carbons (Fsp3) is 0.167. The number of ether oxygens (including phenoxy) is 1. The van der Waals surface area contributed by atoms with Crippen molar-refractivity contribution in [3.63, 3.8) is 0 Å². The topological polar surface area (TPSA) is 110 Å². The Morgan fingerprint density at radius 3 is 2.60 bits per heavy atom. The maximum atomic E-state index is 12.5. The molecule has 7 heteroatoms. The minimum Gasteiger partial charge on any atom is -0.507 e. The lowest BCUT2D eigenvalue weighted by atomic mass is 10.0. The summed E-state index contributed by atoms with van der Waals surface area (Å²) >= 11 is 0. The molecule has 124 valence electrons. The Bertz CT molecular complexity index is 901.